The van der Waals surface area contributed by atoms with Gasteiger partial charge in [0.1, 0.15) is 5.82 Å². The van der Waals surface area contributed by atoms with E-state index in [2.05, 4.69) is 0 Å². The molecule has 0 aliphatic carbocycles. The number of aliphatic carboxylic acids is 1. The number of benzene rings is 1. The van der Waals surface area contributed by atoms with Crippen molar-refractivity contribution in [3.63, 3.8) is 0 Å². The topological polar surface area (TPSA) is 63.3 Å². The van der Waals surface area contributed by atoms with Crippen LogP contribution in [0.2, 0.25) is 5.02 Å². The Morgan fingerprint density at radius 3 is 2.69 bits per heavy atom. The van der Waals surface area contributed by atoms with E-state index in [-0.39, 0.29) is 23.6 Å². The smallest absolute Gasteiger partial charge is 0.313 e. The highest BCUT2D eigenvalue weighted by molar-refractivity contribution is 6.30. The third-order valence-corrected chi connectivity index (χ3v) is 2.88. The molecule has 0 aliphatic heterocycles. The van der Waals surface area contributed by atoms with Crippen molar-refractivity contribution in [1.29, 1.82) is 0 Å². The third kappa shape index (κ3) is 2.33. The van der Waals surface area contributed by atoms with Crippen molar-refractivity contribution >= 4 is 17.6 Å². The Labute approximate surface area is 98.0 Å². The van der Waals surface area contributed by atoms with E-state index in [1.54, 1.807) is 0 Å². The molecule has 1 aromatic carbocycles. The molecule has 0 saturated heterocycles. The van der Waals surface area contributed by atoms with Gasteiger partial charge in [0, 0.05) is 10.6 Å². The summed E-state index contributed by atoms with van der Waals surface area (Å²) in [6.07, 6.45) is 0.168. The predicted molar refractivity (Wildman–Crippen MR) is 60.1 cm³/mol. The van der Waals surface area contributed by atoms with Crippen LogP contribution in [0.4, 0.5) is 4.39 Å². The average Bonchev–Trinajstić information content (AvgIpc) is 2.17. The number of halogens is 2. The fourth-order valence-electron chi connectivity index (χ4n) is 1.58. The van der Waals surface area contributed by atoms with E-state index in [0.717, 1.165) is 6.07 Å². The van der Waals surface area contributed by atoms with Gasteiger partial charge >= 0.3 is 5.97 Å². The lowest BCUT2D eigenvalue weighted by atomic mass is 9.79. The fourth-order valence-corrected chi connectivity index (χ4v) is 1.74. The first-order chi connectivity index (χ1) is 7.41. The number of hydrogen-bond acceptors (Lipinski definition) is 2. The Bertz CT molecular complexity index is 411. The standard InChI is InChI=1S/C11H13ClFNO2/c1-11(4-5-14,10(15)16)8-3-2-7(12)6-9(8)13/h2-3,6H,4-5,14H2,1H3,(H,15,16). The zero-order chi connectivity index (χ0) is 12.3. The van der Waals surface area contributed by atoms with Gasteiger partial charge in [0.15, 0.2) is 0 Å². The predicted octanol–water partition coefficient (Wildman–Crippen LogP) is 2.17. The maximum absolute atomic E-state index is 13.6. The number of carbonyl (C=O) groups is 1. The van der Waals surface area contributed by atoms with Gasteiger partial charge in [-0.25, -0.2) is 4.39 Å². The van der Waals surface area contributed by atoms with Crippen LogP contribution in [-0.4, -0.2) is 17.6 Å². The van der Waals surface area contributed by atoms with Crippen molar-refractivity contribution < 1.29 is 14.3 Å². The van der Waals surface area contributed by atoms with E-state index in [1.807, 2.05) is 0 Å². The number of rotatable bonds is 4. The maximum Gasteiger partial charge on any atom is 0.313 e. The van der Waals surface area contributed by atoms with Crippen LogP contribution in [0, 0.1) is 5.82 Å². The van der Waals surface area contributed by atoms with Crippen LogP contribution in [0.5, 0.6) is 0 Å². The third-order valence-electron chi connectivity index (χ3n) is 2.64. The summed E-state index contributed by atoms with van der Waals surface area (Å²) in [4.78, 5) is 11.2. The molecule has 1 aromatic rings. The lowest BCUT2D eigenvalue weighted by Gasteiger charge is -2.25. The zero-order valence-electron chi connectivity index (χ0n) is 8.84. The molecular weight excluding hydrogens is 233 g/mol. The van der Waals surface area contributed by atoms with Crippen LogP contribution in [-0.2, 0) is 10.2 Å². The largest absolute Gasteiger partial charge is 0.481 e. The molecule has 1 rings (SSSR count). The van der Waals surface area contributed by atoms with Gasteiger partial charge in [-0.2, -0.15) is 0 Å². The minimum absolute atomic E-state index is 0.106. The Hall–Kier alpha value is -1.13. The monoisotopic (exact) mass is 245 g/mol. The lowest BCUT2D eigenvalue weighted by molar-refractivity contribution is -0.143. The second-order valence-electron chi connectivity index (χ2n) is 3.80. The minimum Gasteiger partial charge on any atom is -0.481 e. The van der Waals surface area contributed by atoms with E-state index in [4.69, 9.17) is 22.4 Å². The highest BCUT2D eigenvalue weighted by atomic mass is 35.5. The Balaban J connectivity index is 3.26. The van der Waals surface area contributed by atoms with Gasteiger partial charge in [-0.05, 0) is 32.0 Å². The van der Waals surface area contributed by atoms with Crippen molar-refractivity contribution in [3.8, 4) is 0 Å². The molecule has 0 heterocycles. The van der Waals surface area contributed by atoms with Crippen molar-refractivity contribution in [2.24, 2.45) is 5.73 Å². The highest BCUT2D eigenvalue weighted by Gasteiger charge is 2.36. The lowest BCUT2D eigenvalue weighted by Crippen LogP contribution is -2.35. The first-order valence-corrected chi connectivity index (χ1v) is 5.18. The zero-order valence-corrected chi connectivity index (χ0v) is 9.59. The molecule has 0 saturated carbocycles. The van der Waals surface area contributed by atoms with Gasteiger partial charge < -0.3 is 10.8 Å². The van der Waals surface area contributed by atoms with Gasteiger partial charge in [-0.1, -0.05) is 17.7 Å². The van der Waals surface area contributed by atoms with Crippen LogP contribution < -0.4 is 5.73 Å². The molecule has 5 heteroatoms. The molecule has 0 spiro atoms. The molecule has 0 aromatic heterocycles. The van der Waals surface area contributed by atoms with Gasteiger partial charge in [-0.15, -0.1) is 0 Å². The number of carboxylic acids is 1. The number of hydrogen-bond donors (Lipinski definition) is 2. The van der Waals surface area contributed by atoms with Gasteiger partial charge in [0.2, 0.25) is 0 Å². The minimum atomic E-state index is -1.32. The van der Waals surface area contributed by atoms with Crippen LogP contribution in [0.1, 0.15) is 18.9 Å². The average molecular weight is 246 g/mol. The summed E-state index contributed by atoms with van der Waals surface area (Å²) in [6, 6.07) is 3.97. The Kier molecular flexibility index (Phi) is 3.88. The molecule has 0 radical (unpaired) electrons. The van der Waals surface area contributed by atoms with Crippen molar-refractivity contribution in [3.05, 3.63) is 34.6 Å². The molecule has 1 atom stereocenters. The summed E-state index contributed by atoms with van der Waals surface area (Å²) < 4.78 is 13.6. The second kappa shape index (κ2) is 4.80. The summed E-state index contributed by atoms with van der Waals surface area (Å²) in [5, 5.41) is 9.39. The first-order valence-electron chi connectivity index (χ1n) is 4.81. The quantitative estimate of drug-likeness (QED) is 0.855. The molecule has 0 amide bonds. The van der Waals surface area contributed by atoms with Crippen molar-refractivity contribution in [2.75, 3.05) is 6.54 Å². The van der Waals surface area contributed by atoms with Gasteiger partial charge in [-0.3, -0.25) is 4.79 Å². The SMILES string of the molecule is CC(CCN)(C(=O)O)c1ccc(Cl)cc1F. The summed E-state index contributed by atoms with van der Waals surface area (Å²) >= 11 is 5.61. The van der Waals surface area contributed by atoms with Gasteiger partial charge in [0.05, 0.1) is 5.41 Å². The van der Waals surface area contributed by atoms with Crippen LogP contribution in [0.25, 0.3) is 0 Å². The van der Waals surface area contributed by atoms with Gasteiger partial charge in [0.25, 0.3) is 0 Å². The first kappa shape index (κ1) is 12.9. The number of carboxylic acid groups (broad SMARTS) is 1. The fraction of sp³-hybridized carbons (Fsp3) is 0.364. The molecule has 88 valence electrons. The maximum atomic E-state index is 13.6. The van der Waals surface area contributed by atoms with Crippen LogP contribution in [0.15, 0.2) is 18.2 Å². The summed E-state index contributed by atoms with van der Waals surface area (Å²) in [7, 11) is 0. The van der Waals surface area contributed by atoms with E-state index in [9.17, 15) is 9.18 Å². The van der Waals surface area contributed by atoms with E-state index < -0.39 is 17.2 Å². The molecule has 3 N–H and O–H groups in total. The molecule has 0 fully saturated rings. The van der Waals surface area contributed by atoms with E-state index in [1.165, 1.54) is 19.1 Å². The van der Waals surface area contributed by atoms with Crippen molar-refractivity contribution in [1.82, 2.24) is 0 Å². The summed E-state index contributed by atoms with van der Waals surface area (Å²) in [5.41, 5.74) is 4.15. The molecule has 3 nitrogen and oxygen atoms in total. The Morgan fingerprint density at radius 1 is 1.62 bits per heavy atom. The normalized spacial score (nSPS) is 14.5. The molecule has 16 heavy (non-hydrogen) atoms. The second-order valence-corrected chi connectivity index (χ2v) is 4.24. The van der Waals surface area contributed by atoms with E-state index in [0.29, 0.717) is 0 Å². The van der Waals surface area contributed by atoms with Crippen LogP contribution in [0.3, 0.4) is 0 Å². The molecule has 0 aliphatic rings. The van der Waals surface area contributed by atoms with Crippen LogP contribution >= 0.6 is 11.6 Å². The Morgan fingerprint density at radius 2 is 2.25 bits per heavy atom. The molecular formula is C11H13ClFNO2. The highest BCUT2D eigenvalue weighted by Crippen LogP contribution is 2.31. The van der Waals surface area contributed by atoms with E-state index >= 15 is 0 Å². The number of nitrogens with two attached hydrogens (primary N) is 1. The summed E-state index contributed by atoms with van der Waals surface area (Å²) in [6.45, 7) is 1.62. The molecule has 0 bridgehead atoms. The van der Waals surface area contributed by atoms with Crippen molar-refractivity contribution in [2.45, 2.75) is 18.8 Å². The summed E-state index contributed by atoms with van der Waals surface area (Å²) in [5.74, 6) is -1.72. The molecule has 1 unspecified atom stereocenters.